The van der Waals surface area contributed by atoms with Crippen molar-refractivity contribution in [2.45, 2.75) is 0 Å². The largest absolute Gasteiger partial charge is 0.496 e. The zero-order chi connectivity index (χ0) is 19.6. The van der Waals surface area contributed by atoms with Crippen molar-refractivity contribution in [3.05, 3.63) is 68.3 Å². The van der Waals surface area contributed by atoms with Gasteiger partial charge in [0.2, 0.25) is 0 Å². The van der Waals surface area contributed by atoms with Gasteiger partial charge in [0.25, 0.3) is 11.6 Å². The first-order valence-corrected chi connectivity index (χ1v) is 8.69. The smallest absolute Gasteiger partial charge is 0.270 e. The summed E-state index contributed by atoms with van der Waals surface area (Å²) >= 11 is 7.09. The van der Waals surface area contributed by atoms with Crippen LogP contribution in [0.2, 0.25) is 5.02 Å². The maximum absolute atomic E-state index is 13.5. The average Bonchev–Trinajstić information content (AvgIpc) is 3.09. The minimum absolute atomic E-state index is 0.0507. The number of rotatable bonds is 5. The third-order valence-corrected chi connectivity index (χ3v) is 4.64. The van der Waals surface area contributed by atoms with Crippen LogP contribution in [0.3, 0.4) is 0 Å². The lowest BCUT2D eigenvalue weighted by Gasteiger charge is -2.06. The fourth-order valence-electron chi connectivity index (χ4n) is 2.30. The van der Waals surface area contributed by atoms with Gasteiger partial charge in [-0.1, -0.05) is 11.6 Å². The molecule has 138 valence electrons. The minimum Gasteiger partial charge on any atom is -0.496 e. The Morgan fingerprint density at radius 3 is 2.78 bits per heavy atom. The van der Waals surface area contributed by atoms with Gasteiger partial charge in [0.15, 0.2) is 5.13 Å². The Morgan fingerprint density at radius 2 is 2.11 bits per heavy atom. The van der Waals surface area contributed by atoms with E-state index in [0.717, 1.165) is 17.4 Å². The van der Waals surface area contributed by atoms with Crippen molar-refractivity contribution in [3.63, 3.8) is 0 Å². The molecule has 10 heteroatoms. The average molecular weight is 408 g/mol. The minimum atomic E-state index is -0.604. The van der Waals surface area contributed by atoms with Gasteiger partial charge in [-0.05, 0) is 24.3 Å². The molecule has 7 nitrogen and oxygen atoms in total. The Kier molecular flexibility index (Phi) is 5.33. The molecule has 2 aromatic carbocycles. The summed E-state index contributed by atoms with van der Waals surface area (Å²) in [6.07, 6.45) is 0. The third-order valence-electron chi connectivity index (χ3n) is 3.57. The third kappa shape index (κ3) is 4.04. The van der Waals surface area contributed by atoms with E-state index in [-0.39, 0.29) is 21.4 Å². The van der Waals surface area contributed by atoms with E-state index in [1.54, 1.807) is 5.38 Å². The number of anilines is 1. The van der Waals surface area contributed by atoms with Gasteiger partial charge in [0.05, 0.1) is 28.3 Å². The number of ether oxygens (including phenoxy) is 1. The van der Waals surface area contributed by atoms with Gasteiger partial charge in [-0.15, -0.1) is 11.3 Å². The highest BCUT2D eigenvalue weighted by Gasteiger charge is 2.17. The molecular formula is C17H11ClFN3O4S. The number of nitrogens with one attached hydrogen (secondary N) is 1. The molecule has 0 saturated carbocycles. The molecule has 1 aromatic heterocycles. The SMILES string of the molecule is COc1ccc(F)cc1-c1csc(NC(=O)c2ccc([N+](=O)[O-])cc2Cl)n1. The molecule has 0 radical (unpaired) electrons. The molecule has 0 saturated heterocycles. The second kappa shape index (κ2) is 7.68. The van der Waals surface area contributed by atoms with Gasteiger partial charge >= 0.3 is 0 Å². The van der Waals surface area contributed by atoms with Crippen LogP contribution in [0, 0.1) is 15.9 Å². The number of hydrogen-bond donors (Lipinski definition) is 1. The Morgan fingerprint density at radius 1 is 1.33 bits per heavy atom. The Labute approximate surface area is 161 Å². The van der Waals surface area contributed by atoms with Crippen molar-refractivity contribution in [2.75, 3.05) is 12.4 Å². The van der Waals surface area contributed by atoms with Crippen LogP contribution in [0.5, 0.6) is 5.75 Å². The van der Waals surface area contributed by atoms with Gasteiger partial charge in [-0.2, -0.15) is 0 Å². The van der Waals surface area contributed by atoms with Crippen molar-refractivity contribution in [1.82, 2.24) is 4.98 Å². The summed E-state index contributed by atoms with van der Waals surface area (Å²) in [6, 6.07) is 7.59. The normalized spacial score (nSPS) is 10.5. The van der Waals surface area contributed by atoms with E-state index in [1.165, 1.54) is 37.4 Å². The fraction of sp³-hybridized carbons (Fsp3) is 0.0588. The molecule has 0 aliphatic rings. The van der Waals surface area contributed by atoms with Gasteiger partial charge in [-0.3, -0.25) is 20.2 Å². The standard InChI is InChI=1S/C17H11ClFN3O4S/c1-26-15-5-2-9(19)6-12(15)14-8-27-17(20-14)21-16(23)11-4-3-10(22(24)25)7-13(11)18/h2-8H,1H3,(H,20,21,23). The van der Waals surface area contributed by atoms with Crippen LogP contribution in [-0.4, -0.2) is 22.9 Å². The summed E-state index contributed by atoms with van der Waals surface area (Å²) in [5, 5.41) is 15.2. The van der Waals surface area contributed by atoms with Crippen molar-refractivity contribution in [3.8, 4) is 17.0 Å². The van der Waals surface area contributed by atoms with Gasteiger partial charge < -0.3 is 4.74 Å². The molecule has 3 aromatic rings. The van der Waals surface area contributed by atoms with Crippen LogP contribution >= 0.6 is 22.9 Å². The molecule has 3 rings (SSSR count). The van der Waals surface area contributed by atoms with E-state index in [4.69, 9.17) is 16.3 Å². The molecule has 0 bridgehead atoms. The molecule has 0 spiro atoms. The number of methoxy groups -OCH3 is 1. The number of carbonyl (C=O) groups excluding carboxylic acids is 1. The number of amides is 1. The number of thiazole rings is 1. The van der Waals surface area contributed by atoms with Crippen molar-refractivity contribution >= 4 is 39.7 Å². The number of non-ortho nitro benzene ring substituents is 1. The molecule has 1 amide bonds. The van der Waals surface area contributed by atoms with Crippen molar-refractivity contribution < 1.29 is 18.8 Å². The summed E-state index contributed by atoms with van der Waals surface area (Å²) in [6.45, 7) is 0. The second-order valence-electron chi connectivity index (χ2n) is 5.26. The number of benzene rings is 2. The van der Waals surface area contributed by atoms with Crippen LogP contribution in [0.15, 0.2) is 41.8 Å². The number of aromatic nitrogens is 1. The Balaban J connectivity index is 1.83. The Hall–Kier alpha value is -3.04. The number of nitro groups is 1. The number of hydrogen-bond acceptors (Lipinski definition) is 6. The fourth-order valence-corrected chi connectivity index (χ4v) is 3.27. The van der Waals surface area contributed by atoms with E-state index in [1.807, 2.05) is 0 Å². The van der Waals surface area contributed by atoms with Crippen molar-refractivity contribution in [1.29, 1.82) is 0 Å². The van der Waals surface area contributed by atoms with Gasteiger partial charge in [0, 0.05) is 23.1 Å². The van der Waals surface area contributed by atoms with Gasteiger partial charge in [0.1, 0.15) is 11.6 Å². The van der Waals surface area contributed by atoms with E-state index in [0.29, 0.717) is 17.0 Å². The van der Waals surface area contributed by atoms with E-state index in [9.17, 15) is 19.3 Å². The summed E-state index contributed by atoms with van der Waals surface area (Å²) in [5.74, 6) is -0.568. The zero-order valence-electron chi connectivity index (χ0n) is 13.7. The number of nitrogens with zero attached hydrogens (tertiary/aromatic N) is 2. The first-order valence-electron chi connectivity index (χ1n) is 7.43. The van der Waals surface area contributed by atoms with Crippen LogP contribution < -0.4 is 10.1 Å². The summed E-state index contributed by atoms with van der Waals surface area (Å²) in [4.78, 5) is 26.8. The lowest BCUT2D eigenvalue weighted by atomic mass is 10.1. The highest BCUT2D eigenvalue weighted by atomic mass is 35.5. The second-order valence-corrected chi connectivity index (χ2v) is 6.52. The molecule has 0 aliphatic heterocycles. The molecular weight excluding hydrogens is 397 g/mol. The monoisotopic (exact) mass is 407 g/mol. The molecule has 0 unspecified atom stereocenters. The zero-order valence-corrected chi connectivity index (χ0v) is 15.3. The first-order chi connectivity index (χ1) is 12.9. The van der Waals surface area contributed by atoms with E-state index >= 15 is 0 Å². The number of halogens is 2. The molecule has 0 fully saturated rings. The summed E-state index contributed by atoms with van der Waals surface area (Å²) in [5.41, 5.74) is 0.734. The van der Waals surface area contributed by atoms with E-state index in [2.05, 4.69) is 10.3 Å². The lowest BCUT2D eigenvalue weighted by Crippen LogP contribution is -2.12. The lowest BCUT2D eigenvalue weighted by molar-refractivity contribution is -0.384. The molecule has 1 heterocycles. The molecule has 1 N–H and O–H groups in total. The Bertz CT molecular complexity index is 1040. The highest BCUT2D eigenvalue weighted by Crippen LogP contribution is 2.33. The maximum Gasteiger partial charge on any atom is 0.270 e. The van der Waals surface area contributed by atoms with Crippen LogP contribution in [-0.2, 0) is 0 Å². The molecule has 27 heavy (non-hydrogen) atoms. The topological polar surface area (TPSA) is 94.4 Å². The first kappa shape index (κ1) is 18.7. The molecule has 0 atom stereocenters. The number of carbonyl (C=O) groups is 1. The van der Waals surface area contributed by atoms with Crippen LogP contribution in [0.1, 0.15) is 10.4 Å². The molecule has 0 aliphatic carbocycles. The predicted molar refractivity (Wildman–Crippen MR) is 100 cm³/mol. The predicted octanol–water partition coefficient (Wildman–Crippen LogP) is 4.77. The summed E-state index contributed by atoms with van der Waals surface area (Å²) in [7, 11) is 1.46. The van der Waals surface area contributed by atoms with E-state index < -0.39 is 16.6 Å². The van der Waals surface area contributed by atoms with Crippen LogP contribution in [0.25, 0.3) is 11.3 Å². The summed E-state index contributed by atoms with van der Waals surface area (Å²) < 4.78 is 18.7. The van der Waals surface area contributed by atoms with Gasteiger partial charge in [-0.25, -0.2) is 9.37 Å². The quantitative estimate of drug-likeness (QED) is 0.485. The van der Waals surface area contributed by atoms with Crippen LogP contribution in [0.4, 0.5) is 15.2 Å². The highest BCUT2D eigenvalue weighted by molar-refractivity contribution is 7.14. The van der Waals surface area contributed by atoms with Crippen molar-refractivity contribution in [2.24, 2.45) is 0 Å². The maximum atomic E-state index is 13.5. The number of nitro benzene ring substituents is 1.